The molecule has 0 aromatic heterocycles. The summed E-state index contributed by atoms with van der Waals surface area (Å²) in [7, 11) is 5.99. The Bertz CT molecular complexity index is 274. The molecule has 5 nitrogen and oxygen atoms in total. The maximum absolute atomic E-state index is 11.4. The van der Waals surface area contributed by atoms with Gasteiger partial charge in [-0.2, -0.15) is 13.5 Å². The van der Waals surface area contributed by atoms with Gasteiger partial charge in [0.2, 0.25) is 5.91 Å². The molecule has 138 valence electrons. The molecule has 0 saturated carbocycles. The summed E-state index contributed by atoms with van der Waals surface area (Å²) >= 11 is 0. The van der Waals surface area contributed by atoms with Crippen molar-refractivity contribution in [2.45, 2.75) is 45.6 Å². The van der Waals surface area contributed by atoms with Gasteiger partial charge in [-0.3, -0.25) is 4.79 Å². The summed E-state index contributed by atoms with van der Waals surface area (Å²) in [6.07, 6.45) is 4.57. The molecular formula is C16H42N4OS. The molecule has 22 heavy (non-hydrogen) atoms. The number of amides is 1. The second-order valence-electron chi connectivity index (χ2n) is 6.22. The van der Waals surface area contributed by atoms with Gasteiger partial charge in [-0.25, -0.2) is 0 Å². The highest BCUT2D eigenvalue weighted by Gasteiger charge is 2.02. The number of nitrogens with one attached hydrogen (secondary N) is 2. The third-order valence-electron chi connectivity index (χ3n) is 3.57. The smallest absolute Gasteiger partial charge is 0.234 e. The number of rotatable bonds is 13. The van der Waals surface area contributed by atoms with Crippen LogP contribution in [0.1, 0.15) is 42.4 Å². The lowest BCUT2D eigenvalue weighted by Crippen LogP contribution is -2.34. The lowest BCUT2D eigenvalue weighted by molar-refractivity contribution is -0.121. The van der Waals surface area contributed by atoms with Crippen molar-refractivity contribution >= 4 is 19.4 Å². The standard InChI is InChI=1S/C16H36N4O.H2S.2H2/c1-6-15(2)17-11-9-13-20(5)12-8-7-10-18-16(21)14-19(3)4;;;/h15,17H,6-14H2,1-5H3,(H,18,21);1H2;2*1H. The monoisotopic (exact) mass is 338 g/mol. The van der Waals surface area contributed by atoms with Crippen LogP contribution in [-0.2, 0) is 4.79 Å². The summed E-state index contributed by atoms with van der Waals surface area (Å²) in [4.78, 5) is 15.7. The van der Waals surface area contributed by atoms with Gasteiger partial charge in [-0.15, -0.1) is 0 Å². The third kappa shape index (κ3) is 16.1. The average molecular weight is 339 g/mol. The highest BCUT2D eigenvalue weighted by atomic mass is 32.1. The van der Waals surface area contributed by atoms with Gasteiger partial charge in [-0.05, 0) is 73.4 Å². The zero-order valence-electron chi connectivity index (χ0n) is 15.2. The fraction of sp³-hybridized carbons (Fsp3) is 0.938. The molecule has 0 bridgehead atoms. The number of hydrogen-bond acceptors (Lipinski definition) is 4. The van der Waals surface area contributed by atoms with Crippen molar-refractivity contribution in [1.29, 1.82) is 0 Å². The minimum Gasteiger partial charge on any atom is -0.355 e. The second-order valence-corrected chi connectivity index (χ2v) is 6.22. The van der Waals surface area contributed by atoms with Crippen LogP contribution in [-0.4, -0.2) is 75.6 Å². The molecule has 0 radical (unpaired) electrons. The molecule has 0 rings (SSSR count). The zero-order valence-corrected chi connectivity index (χ0v) is 16.2. The number of hydrogen-bond donors (Lipinski definition) is 2. The summed E-state index contributed by atoms with van der Waals surface area (Å²) in [5.41, 5.74) is 0. The number of likely N-dealkylation sites (N-methyl/N-ethyl adjacent to an activating group) is 1. The molecule has 0 spiro atoms. The lowest BCUT2D eigenvalue weighted by atomic mass is 10.2. The predicted octanol–water partition coefficient (Wildman–Crippen LogP) is 1.76. The summed E-state index contributed by atoms with van der Waals surface area (Å²) in [5, 5.41) is 6.46. The van der Waals surface area contributed by atoms with E-state index in [1.165, 1.54) is 12.8 Å². The van der Waals surface area contributed by atoms with Crippen LogP contribution in [0, 0.1) is 0 Å². The first-order valence-corrected chi connectivity index (χ1v) is 8.29. The normalized spacial score (nSPS) is 12.3. The summed E-state index contributed by atoms with van der Waals surface area (Å²) < 4.78 is 0. The molecule has 1 atom stereocenters. The van der Waals surface area contributed by atoms with Gasteiger partial charge in [0.15, 0.2) is 0 Å². The Labute approximate surface area is 147 Å². The Kier molecular flexibility index (Phi) is 17.0. The molecule has 0 aliphatic carbocycles. The molecule has 1 amide bonds. The van der Waals surface area contributed by atoms with E-state index in [4.69, 9.17) is 0 Å². The quantitative estimate of drug-likeness (QED) is 0.502. The van der Waals surface area contributed by atoms with E-state index in [2.05, 4.69) is 36.4 Å². The van der Waals surface area contributed by atoms with Gasteiger partial charge in [0, 0.05) is 15.4 Å². The van der Waals surface area contributed by atoms with Crippen LogP contribution < -0.4 is 10.6 Å². The van der Waals surface area contributed by atoms with Crippen LogP contribution >= 0.6 is 13.5 Å². The van der Waals surface area contributed by atoms with Crippen molar-refractivity contribution in [1.82, 2.24) is 20.4 Å². The topological polar surface area (TPSA) is 47.6 Å². The first-order valence-electron chi connectivity index (χ1n) is 8.29. The van der Waals surface area contributed by atoms with E-state index < -0.39 is 0 Å². The van der Waals surface area contributed by atoms with Crippen molar-refractivity contribution in [2.75, 3.05) is 53.9 Å². The van der Waals surface area contributed by atoms with Gasteiger partial charge in [0.25, 0.3) is 0 Å². The third-order valence-corrected chi connectivity index (χ3v) is 3.57. The molecule has 0 heterocycles. The Hall–Kier alpha value is -0.300. The second kappa shape index (κ2) is 15.6. The summed E-state index contributed by atoms with van der Waals surface area (Å²) in [5.74, 6) is 0.115. The average Bonchev–Trinajstić information content (AvgIpc) is 2.42. The van der Waals surface area contributed by atoms with Crippen molar-refractivity contribution in [3.63, 3.8) is 0 Å². The molecule has 2 N–H and O–H groups in total. The van der Waals surface area contributed by atoms with Gasteiger partial charge in [0.1, 0.15) is 0 Å². The largest absolute Gasteiger partial charge is 0.355 e. The molecule has 1 unspecified atom stereocenters. The van der Waals surface area contributed by atoms with Crippen molar-refractivity contribution in [3.05, 3.63) is 0 Å². The number of unbranched alkanes of at least 4 members (excludes halogenated alkanes) is 1. The Balaban J connectivity index is -0.000000667. The summed E-state index contributed by atoms with van der Waals surface area (Å²) in [6, 6.07) is 0.626. The van der Waals surface area contributed by atoms with E-state index in [0.717, 1.165) is 39.0 Å². The lowest BCUT2D eigenvalue weighted by Gasteiger charge is -2.18. The first kappa shape index (κ1) is 24.0. The van der Waals surface area contributed by atoms with E-state index in [1.54, 1.807) is 0 Å². The molecular weight excluding hydrogens is 296 g/mol. The Morgan fingerprint density at radius 2 is 1.73 bits per heavy atom. The van der Waals surface area contributed by atoms with Crippen LogP contribution in [0.5, 0.6) is 0 Å². The predicted molar refractivity (Wildman–Crippen MR) is 105 cm³/mol. The molecule has 0 aromatic carbocycles. The fourth-order valence-corrected chi connectivity index (χ4v) is 2.03. The Morgan fingerprint density at radius 3 is 2.32 bits per heavy atom. The van der Waals surface area contributed by atoms with Crippen LogP contribution in [0.4, 0.5) is 0 Å². The van der Waals surface area contributed by atoms with Crippen LogP contribution in [0.25, 0.3) is 0 Å². The summed E-state index contributed by atoms with van der Waals surface area (Å²) in [6.45, 7) is 9.04. The van der Waals surface area contributed by atoms with Crippen molar-refractivity contribution < 1.29 is 7.65 Å². The number of carbonyl (C=O) groups is 1. The fourth-order valence-electron chi connectivity index (χ4n) is 2.03. The van der Waals surface area contributed by atoms with E-state index in [0.29, 0.717) is 12.6 Å². The van der Waals surface area contributed by atoms with Gasteiger partial charge >= 0.3 is 0 Å². The van der Waals surface area contributed by atoms with E-state index in [-0.39, 0.29) is 22.3 Å². The van der Waals surface area contributed by atoms with E-state index in [1.807, 2.05) is 19.0 Å². The highest BCUT2D eigenvalue weighted by Crippen LogP contribution is 1.94. The van der Waals surface area contributed by atoms with Gasteiger partial charge < -0.3 is 20.4 Å². The van der Waals surface area contributed by atoms with Gasteiger partial charge in [0.05, 0.1) is 6.54 Å². The molecule has 6 heteroatoms. The highest BCUT2D eigenvalue weighted by molar-refractivity contribution is 7.59. The minimum atomic E-state index is 0. The Morgan fingerprint density at radius 1 is 1.09 bits per heavy atom. The van der Waals surface area contributed by atoms with E-state index in [9.17, 15) is 4.79 Å². The first-order chi connectivity index (χ1) is 9.95. The maximum Gasteiger partial charge on any atom is 0.234 e. The van der Waals surface area contributed by atoms with Crippen LogP contribution in [0.3, 0.4) is 0 Å². The van der Waals surface area contributed by atoms with E-state index >= 15 is 0 Å². The number of carbonyl (C=O) groups excluding carboxylic acids is 1. The van der Waals surface area contributed by atoms with Crippen molar-refractivity contribution in [2.24, 2.45) is 0 Å². The SMILES string of the molecule is CCC(C)NCCCN(C)CCCCNC(=O)CN(C)C.S.[HH].[HH]. The number of nitrogens with zero attached hydrogens (tertiary/aromatic N) is 2. The van der Waals surface area contributed by atoms with Crippen LogP contribution in [0.2, 0.25) is 0 Å². The minimum absolute atomic E-state index is 0. The molecule has 0 fully saturated rings. The molecule has 0 aliphatic heterocycles. The zero-order chi connectivity index (χ0) is 16.1. The van der Waals surface area contributed by atoms with Crippen LogP contribution in [0.15, 0.2) is 0 Å². The molecule has 0 saturated heterocycles. The van der Waals surface area contributed by atoms with Crippen molar-refractivity contribution in [3.8, 4) is 0 Å². The molecule has 0 aromatic rings. The van der Waals surface area contributed by atoms with Gasteiger partial charge in [-0.1, -0.05) is 6.92 Å². The molecule has 0 aliphatic rings. The maximum atomic E-state index is 11.4.